The van der Waals surface area contributed by atoms with Crippen molar-refractivity contribution in [1.82, 2.24) is 4.57 Å². The minimum absolute atomic E-state index is 0.0244. The van der Waals surface area contributed by atoms with E-state index < -0.39 is 16.6 Å². The lowest BCUT2D eigenvalue weighted by molar-refractivity contribution is -0.384. The molecule has 3 rings (SSSR count). The van der Waals surface area contributed by atoms with Crippen LogP contribution in [0.15, 0.2) is 71.7 Å². The van der Waals surface area contributed by atoms with Gasteiger partial charge >= 0.3 is 0 Å². The van der Waals surface area contributed by atoms with Crippen LogP contribution in [0.5, 0.6) is 0 Å². The number of hydrogen-bond donors (Lipinski definition) is 1. The molecule has 0 saturated heterocycles. The molecule has 136 valence electrons. The number of anilines is 1. The molecule has 27 heavy (non-hydrogen) atoms. The van der Waals surface area contributed by atoms with Gasteiger partial charge in [0.05, 0.1) is 17.0 Å². The van der Waals surface area contributed by atoms with Gasteiger partial charge in [0.2, 0.25) is 0 Å². The summed E-state index contributed by atoms with van der Waals surface area (Å²) in [4.78, 5) is 34.7. The first-order valence-electron chi connectivity index (χ1n) is 7.94. The smallest absolute Gasteiger partial charge is 0.271 e. The number of pyridine rings is 1. The Labute approximate surface area is 152 Å². The van der Waals surface area contributed by atoms with E-state index in [2.05, 4.69) is 5.32 Å². The molecule has 3 aromatic rings. The van der Waals surface area contributed by atoms with E-state index in [1.807, 2.05) is 0 Å². The van der Waals surface area contributed by atoms with E-state index in [9.17, 15) is 24.1 Å². The van der Waals surface area contributed by atoms with E-state index in [0.29, 0.717) is 5.56 Å². The van der Waals surface area contributed by atoms with Gasteiger partial charge in [-0.25, -0.2) is 4.39 Å². The van der Waals surface area contributed by atoms with Crippen LogP contribution in [-0.2, 0) is 6.54 Å². The highest BCUT2D eigenvalue weighted by atomic mass is 19.1. The molecule has 0 aliphatic heterocycles. The van der Waals surface area contributed by atoms with Gasteiger partial charge in [0.15, 0.2) is 0 Å². The fraction of sp³-hybridized carbons (Fsp3) is 0.0526. The molecule has 0 unspecified atom stereocenters. The average molecular weight is 367 g/mol. The van der Waals surface area contributed by atoms with Crippen molar-refractivity contribution in [3.8, 4) is 0 Å². The van der Waals surface area contributed by atoms with E-state index in [-0.39, 0.29) is 29.0 Å². The number of rotatable bonds is 5. The summed E-state index contributed by atoms with van der Waals surface area (Å²) in [6, 6.07) is 14.1. The van der Waals surface area contributed by atoms with Crippen LogP contribution in [-0.4, -0.2) is 15.4 Å². The molecule has 1 heterocycles. The molecule has 0 atom stereocenters. The summed E-state index contributed by atoms with van der Waals surface area (Å²) in [6.07, 6.45) is 1.32. The molecule has 1 amide bonds. The molecule has 0 saturated carbocycles. The first kappa shape index (κ1) is 18.0. The van der Waals surface area contributed by atoms with Crippen molar-refractivity contribution in [3.05, 3.63) is 104 Å². The number of nitro benzene ring substituents is 1. The van der Waals surface area contributed by atoms with Crippen LogP contribution in [0, 0.1) is 15.9 Å². The zero-order valence-corrected chi connectivity index (χ0v) is 14.0. The highest BCUT2D eigenvalue weighted by Gasteiger charge is 2.12. The number of non-ortho nitro benzene ring substituents is 1. The monoisotopic (exact) mass is 367 g/mol. The van der Waals surface area contributed by atoms with E-state index in [4.69, 9.17) is 0 Å². The second kappa shape index (κ2) is 7.61. The SMILES string of the molecule is O=C(Nc1cccc([N+](=O)[O-])c1)c1ccc(=O)n(Cc2ccccc2F)c1. The minimum Gasteiger partial charge on any atom is -0.322 e. The van der Waals surface area contributed by atoms with Crippen molar-refractivity contribution in [2.75, 3.05) is 5.32 Å². The maximum Gasteiger partial charge on any atom is 0.271 e. The standard InChI is InChI=1S/C19H14FN3O4/c20-17-7-2-1-4-13(17)11-22-12-14(8-9-18(22)24)19(25)21-15-5-3-6-16(10-15)23(26)27/h1-10,12H,11H2,(H,21,25). The second-order valence-electron chi connectivity index (χ2n) is 5.74. The highest BCUT2D eigenvalue weighted by molar-refractivity contribution is 6.04. The number of amides is 1. The van der Waals surface area contributed by atoms with Gasteiger partial charge < -0.3 is 9.88 Å². The lowest BCUT2D eigenvalue weighted by Crippen LogP contribution is -2.23. The normalized spacial score (nSPS) is 10.4. The van der Waals surface area contributed by atoms with E-state index >= 15 is 0 Å². The first-order chi connectivity index (χ1) is 12.9. The number of halogens is 1. The molecule has 2 aromatic carbocycles. The van der Waals surface area contributed by atoms with Crippen molar-refractivity contribution in [3.63, 3.8) is 0 Å². The van der Waals surface area contributed by atoms with Gasteiger partial charge in [0.1, 0.15) is 5.82 Å². The lowest BCUT2D eigenvalue weighted by Gasteiger charge is -2.10. The molecule has 0 bridgehead atoms. The molecular formula is C19H14FN3O4. The van der Waals surface area contributed by atoms with Crippen LogP contribution in [0.3, 0.4) is 0 Å². The zero-order chi connectivity index (χ0) is 19.4. The van der Waals surface area contributed by atoms with E-state index in [1.165, 1.54) is 53.2 Å². The maximum atomic E-state index is 13.8. The largest absolute Gasteiger partial charge is 0.322 e. The Bertz CT molecular complexity index is 1080. The molecule has 1 N–H and O–H groups in total. The summed E-state index contributed by atoms with van der Waals surface area (Å²) in [5.41, 5.74) is 0.191. The summed E-state index contributed by atoms with van der Waals surface area (Å²) in [5.74, 6) is -0.992. The van der Waals surface area contributed by atoms with Crippen LogP contribution >= 0.6 is 0 Å². The number of benzene rings is 2. The summed E-state index contributed by atoms with van der Waals surface area (Å²) in [6.45, 7) is -0.0244. The number of nitro groups is 1. The predicted molar refractivity (Wildman–Crippen MR) is 97.3 cm³/mol. The van der Waals surface area contributed by atoms with E-state index in [1.54, 1.807) is 18.2 Å². The predicted octanol–water partition coefficient (Wildman–Crippen LogP) is 3.20. The second-order valence-corrected chi connectivity index (χ2v) is 5.74. The van der Waals surface area contributed by atoms with Crippen LogP contribution < -0.4 is 10.9 Å². The van der Waals surface area contributed by atoms with Gasteiger partial charge in [-0.3, -0.25) is 19.7 Å². The van der Waals surface area contributed by atoms with Gasteiger partial charge in [-0.2, -0.15) is 0 Å². The number of hydrogen-bond acceptors (Lipinski definition) is 4. The Morgan fingerprint density at radius 1 is 1.11 bits per heavy atom. The summed E-state index contributed by atoms with van der Waals surface area (Å²) < 4.78 is 15.0. The Balaban J connectivity index is 1.84. The van der Waals surface area contributed by atoms with Crippen molar-refractivity contribution in [1.29, 1.82) is 0 Å². The third-order valence-corrected chi connectivity index (χ3v) is 3.86. The molecule has 0 aliphatic rings. The summed E-state index contributed by atoms with van der Waals surface area (Å²) in [7, 11) is 0. The number of aromatic nitrogens is 1. The first-order valence-corrected chi connectivity index (χ1v) is 7.94. The maximum absolute atomic E-state index is 13.8. The molecule has 8 heteroatoms. The third kappa shape index (κ3) is 4.24. The Morgan fingerprint density at radius 2 is 1.89 bits per heavy atom. The van der Waals surface area contributed by atoms with Gasteiger partial charge in [-0.1, -0.05) is 24.3 Å². The third-order valence-electron chi connectivity index (χ3n) is 3.86. The van der Waals surface area contributed by atoms with Crippen LogP contribution in [0.25, 0.3) is 0 Å². The number of carbonyl (C=O) groups excluding carboxylic acids is 1. The Kier molecular flexibility index (Phi) is 5.07. The number of carbonyl (C=O) groups is 1. The highest BCUT2D eigenvalue weighted by Crippen LogP contribution is 2.17. The number of nitrogens with one attached hydrogen (secondary N) is 1. The van der Waals surface area contributed by atoms with Crippen LogP contribution in [0.2, 0.25) is 0 Å². The lowest BCUT2D eigenvalue weighted by atomic mass is 10.2. The molecule has 0 aliphatic carbocycles. The van der Waals surface area contributed by atoms with Crippen LogP contribution in [0.1, 0.15) is 15.9 Å². The Hall–Kier alpha value is -3.81. The van der Waals surface area contributed by atoms with Gasteiger partial charge in [-0.05, 0) is 18.2 Å². The fourth-order valence-electron chi connectivity index (χ4n) is 2.50. The molecule has 0 fully saturated rings. The fourth-order valence-corrected chi connectivity index (χ4v) is 2.50. The summed E-state index contributed by atoms with van der Waals surface area (Å²) >= 11 is 0. The molecule has 7 nitrogen and oxygen atoms in total. The minimum atomic E-state index is -0.565. The molecule has 0 spiro atoms. The van der Waals surface area contributed by atoms with Crippen molar-refractivity contribution >= 4 is 17.3 Å². The van der Waals surface area contributed by atoms with Gasteiger partial charge in [0, 0.05) is 35.6 Å². The van der Waals surface area contributed by atoms with Gasteiger partial charge in [-0.15, -0.1) is 0 Å². The topological polar surface area (TPSA) is 94.2 Å². The molecular weight excluding hydrogens is 353 g/mol. The average Bonchev–Trinajstić information content (AvgIpc) is 2.65. The van der Waals surface area contributed by atoms with Crippen molar-refractivity contribution < 1.29 is 14.1 Å². The Morgan fingerprint density at radius 3 is 2.63 bits per heavy atom. The quantitative estimate of drug-likeness (QED) is 0.553. The molecule has 1 aromatic heterocycles. The van der Waals surface area contributed by atoms with Gasteiger partial charge in [0.25, 0.3) is 17.2 Å². The number of nitrogens with zero attached hydrogens (tertiary/aromatic N) is 2. The van der Waals surface area contributed by atoms with Crippen molar-refractivity contribution in [2.24, 2.45) is 0 Å². The van der Waals surface area contributed by atoms with Crippen LogP contribution in [0.4, 0.5) is 15.8 Å². The van der Waals surface area contributed by atoms with E-state index in [0.717, 1.165) is 0 Å². The zero-order valence-electron chi connectivity index (χ0n) is 14.0. The van der Waals surface area contributed by atoms with Crippen molar-refractivity contribution in [2.45, 2.75) is 6.54 Å². The summed E-state index contributed by atoms with van der Waals surface area (Å²) in [5, 5.41) is 13.4. The molecule has 0 radical (unpaired) electrons.